The van der Waals surface area contributed by atoms with Crippen LogP contribution in [-0.4, -0.2) is 95.6 Å². The molecule has 0 aromatic heterocycles. The van der Waals surface area contributed by atoms with Gasteiger partial charge in [0.1, 0.15) is 18.0 Å². The van der Waals surface area contributed by atoms with Crippen LogP contribution in [0.2, 0.25) is 0 Å². The van der Waals surface area contributed by atoms with Crippen LogP contribution in [0.4, 0.5) is 5.69 Å². The number of fused-ring (bicyclic) bond motifs is 1. The van der Waals surface area contributed by atoms with Gasteiger partial charge >= 0.3 is 0 Å². The van der Waals surface area contributed by atoms with E-state index in [4.69, 9.17) is 0 Å². The number of carbonyl (C=O) groups is 3. The van der Waals surface area contributed by atoms with Crippen LogP contribution in [0, 0.1) is 0 Å². The third-order valence-electron chi connectivity index (χ3n) is 8.47. The molecule has 1 saturated carbocycles. The van der Waals surface area contributed by atoms with Gasteiger partial charge in [0, 0.05) is 45.3 Å². The number of benzene rings is 3. The lowest BCUT2D eigenvalue weighted by molar-refractivity contribution is -0.196. The zero-order valence-electron chi connectivity index (χ0n) is 25.7. The van der Waals surface area contributed by atoms with Gasteiger partial charge in [-0.3, -0.25) is 19.4 Å². The molecule has 10 nitrogen and oxygen atoms in total. The third kappa shape index (κ3) is 7.20. The standard InChI is InChI=1S/C26H31N5O4.C8H11N/c1-27-16-25(34)31-23(13-18-6-10-22(33)11-7-18)26(35)29(15-24(31)30(27)17-32)14-19-4-3-5-21(12-19)28(2)20-8-9-20;1-9-7-8-5-3-2-4-6-8/h3-7,10-12,17,20,23-24,33H,8-9,13-16H2,1-2H3;2-6,9H,7H2,1H3/t23-,24?;/m0./s1. The molecule has 1 unspecified atom stereocenters. The zero-order chi connectivity index (χ0) is 31.2. The molecule has 6 rings (SSSR count). The second-order valence-corrected chi connectivity index (χ2v) is 11.7. The molecule has 44 heavy (non-hydrogen) atoms. The molecular formula is C34H42N6O4. The van der Waals surface area contributed by atoms with Crippen molar-refractivity contribution in [3.05, 3.63) is 95.6 Å². The summed E-state index contributed by atoms with van der Waals surface area (Å²) in [5, 5.41) is 15.8. The summed E-state index contributed by atoms with van der Waals surface area (Å²) in [7, 11) is 5.75. The number of aromatic hydroxyl groups is 1. The highest BCUT2D eigenvalue weighted by Gasteiger charge is 2.49. The van der Waals surface area contributed by atoms with Crippen LogP contribution in [0.5, 0.6) is 5.75 Å². The first kappa shape index (κ1) is 31.0. The molecule has 232 valence electrons. The molecule has 2 atom stereocenters. The molecule has 0 radical (unpaired) electrons. The van der Waals surface area contributed by atoms with Crippen molar-refractivity contribution in [3.63, 3.8) is 0 Å². The SMILES string of the molecule is CN(c1cccc(CN2CC3N(C(=O)CN(C)N3C=O)[C@@H](Cc3ccc(O)cc3)C2=O)c1)C1CC1.CNCc1ccccc1. The molecule has 0 spiro atoms. The Morgan fingerprint density at radius 2 is 1.66 bits per heavy atom. The van der Waals surface area contributed by atoms with E-state index in [2.05, 4.69) is 41.5 Å². The second kappa shape index (κ2) is 13.9. The summed E-state index contributed by atoms with van der Waals surface area (Å²) in [6.45, 7) is 1.62. The van der Waals surface area contributed by atoms with Gasteiger partial charge in [0.25, 0.3) is 0 Å². The molecule has 2 N–H and O–H groups in total. The fraction of sp³-hybridized carbons (Fsp3) is 0.382. The monoisotopic (exact) mass is 598 g/mol. The average molecular weight is 599 g/mol. The third-order valence-corrected chi connectivity index (χ3v) is 8.47. The maximum absolute atomic E-state index is 13.8. The Morgan fingerprint density at radius 3 is 2.32 bits per heavy atom. The maximum Gasteiger partial charge on any atom is 0.246 e. The van der Waals surface area contributed by atoms with Gasteiger partial charge in [-0.15, -0.1) is 0 Å². The number of hydrogen-bond acceptors (Lipinski definition) is 7. The number of hydrogen-bond donors (Lipinski definition) is 2. The van der Waals surface area contributed by atoms with Gasteiger partial charge in [-0.2, -0.15) is 0 Å². The lowest BCUT2D eigenvalue weighted by Gasteiger charge is -2.53. The van der Waals surface area contributed by atoms with E-state index in [9.17, 15) is 19.5 Å². The highest BCUT2D eigenvalue weighted by atomic mass is 16.3. The number of rotatable bonds is 9. The number of phenols is 1. The Bertz CT molecular complexity index is 1430. The minimum atomic E-state index is -0.737. The number of amides is 3. The second-order valence-electron chi connectivity index (χ2n) is 11.7. The molecular weight excluding hydrogens is 556 g/mol. The Kier molecular flexibility index (Phi) is 9.82. The normalized spacial score (nSPS) is 20.1. The van der Waals surface area contributed by atoms with Crippen molar-refractivity contribution in [3.8, 4) is 5.75 Å². The maximum atomic E-state index is 13.8. The molecule has 2 aliphatic heterocycles. The van der Waals surface area contributed by atoms with Crippen molar-refractivity contribution >= 4 is 23.9 Å². The molecule has 2 saturated heterocycles. The number of carbonyl (C=O) groups excluding carboxylic acids is 3. The lowest BCUT2D eigenvalue weighted by atomic mass is 9.98. The van der Waals surface area contributed by atoms with E-state index in [1.165, 1.54) is 23.4 Å². The minimum Gasteiger partial charge on any atom is -0.508 e. The van der Waals surface area contributed by atoms with Gasteiger partial charge in [-0.25, -0.2) is 5.01 Å². The topological polar surface area (TPSA) is 99.7 Å². The summed E-state index contributed by atoms with van der Waals surface area (Å²) in [6, 6.07) is 25.0. The first-order chi connectivity index (χ1) is 21.3. The first-order valence-corrected chi connectivity index (χ1v) is 15.1. The minimum absolute atomic E-state index is 0.0319. The van der Waals surface area contributed by atoms with Gasteiger partial charge in [0.15, 0.2) is 0 Å². The van der Waals surface area contributed by atoms with Crippen LogP contribution in [0.15, 0.2) is 78.9 Å². The van der Waals surface area contributed by atoms with Gasteiger partial charge < -0.3 is 25.1 Å². The number of phenolic OH excluding ortho intramolecular Hbond substituents is 1. The van der Waals surface area contributed by atoms with Crippen molar-refractivity contribution < 1.29 is 19.5 Å². The lowest BCUT2D eigenvalue weighted by Crippen LogP contribution is -2.74. The Morgan fingerprint density at radius 1 is 0.955 bits per heavy atom. The van der Waals surface area contributed by atoms with Crippen LogP contribution in [0.1, 0.15) is 29.5 Å². The Balaban J connectivity index is 0.000000367. The van der Waals surface area contributed by atoms with Crippen LogP contribution >= 0.6 is 0 Å². The highest BCUT2D eigenvalue weighted by Crippen LogP contribution is 2.32. The Hall–Kier alpha value is -4.41. The number of nitrogens with zero attached hydrogens (tertiary/aromatic N) is 5. The quantitative estimate of drug-likeness (QED) is 0.366. The number of likely N-dealkylation sites (N-methyl/N-ethyl adjacent to an activating group) is 1. The van der Waals surface area contributed by atoms with Crippen LogP contribution in [0.3, 0.4) is 0 Å². The van der Waals surface area contributed by atoms with Crippen LogP contribution < -0.4 is 10.2 Å². The largest absolute Gasteiger partial charge is 0.508 e. The van der Waals surface area contributed by atoms with Crippen molar-refractivity contribution in [2.45, 2.75) is 50.6 Å². The Labute approximate surface area is 259 Å². The van der Waals surface area contributed by atoms with E-state index in [1.54, 1.807) is 46.1 Å². The van der Waals surface area contributed by atoms with Gasteiger partial charge in [0.2, 0.25) is 18.2 Å². The van der Waals surface area contributed by atoms with E-state index < -0.39 is 12.2 Å². The molecule has 3 aromatic carbocycles. The van der Waals surface area contributed by atoms with Crippen molar-refractivity contribution in [2.24, 2.45) is 0 Å². The number of piperazine rings is 1. The van der Waals surface area contributed by atoms with E-state index >= 15 is 0 Å². The average Bonchev–Trinajstić information content (AvgIpc) is 3.87. The van der Waals surface area contributed by atoms with E-state index in [0.29, 0.717) is 19.0 Å². The van der Waals surface area contributed by atoms with Crippen LogP contribution in [0.25, 0.3) is 0 Å². The summed E-state index contributed by atoms with van der Waals surface area (Å²) in [4.78, 5) is 44.4. The van der Waals surface area contributed by atoms with Gasteiger partial charge in [0.05, 0.1) is 13.1 Å². The number of hydrazine groups is 1. The van der Waals surface area contributed by atoms with Crippen molar-refractivity contribution in [1.29, 1.82) is 0 Å². The molecule has 3 aliphatic rings. The molecule has 2 heterocycles. The zero-order valence-corrected chi connectivity index (χ0v) is 25.7. The van der Waals surface area contributed by atoms with E-state index in [-0.39, 0.29) is 30.7 Å². The fourth-order valence-corrected chi connectivity index (χ4v) is 5.95. The summed E-state index contributed by atoms with van der Waals surface area (Å²) in [5.41, 5.74) is 4.30. The number of anilines is 1. The van der Waals surface area contributed by atoms with Crippen molar-refractivity contribution in [1.82, 2.24) is 25.1 Å². The molecule has 0 bridgehead atoms. The summed E-state index contributed by atoms with van der Waals surface area (Å²) in [5.74, 6) is -0.179. The summed E-state index contributed by atoms with van der Waals surface area (Å²) in [6.07, 6.45) is 2.85. The number of nitrogens with one attached hydrogen (secondary N) is 1. The summed E-state index contributed by atoms with van der Waals surface area (Å²) >= 11 is 0. The molecule has 3 aromatic rings. The highest BCUT2D eigenvalue weighted by molar-refractivity contribution is 5.91. The summed E-state index contributed by atoms with van der Waals surface area (Å²) < 4.78 is 0. The predicted molar refractivity (Wildman–Crippen MR) is 169 cm³/mol. The molecule has 3 fully saturated rings. The fourth-order valence-electron chi connectivity index (χ4n) is 5.95. The first-order valence-electron chi connectivity index (χ1n) is 15.1. The predicted octanol–water partition coefficient (Wildman–Crippen LogP) is 2.82. The molecule has 3 amide bonds. The van der Waals surface area contributed by atoms with E-state index in [1.807, 2.05) is 37.4 Å². The van der Waals surface area contributed by atoms with Gasteiger partial charge in [-0.1, -0.05) is 54.6 Å². The van der Waals surface area contributed by atoms with Crippen LogP contribution in [-0.2, 0) is 33.9 Å². The van der Waals surface area contributed by atoms with E-state index in [0.717, 1.165) is 29.8 Å². The molecule has 1 aliphatic carbocycles. The smallest absolute Gasteiger partial charge is 0.246 e. The molecule has 10 heteroatoms. The van der Waals surface area contributed by atoms with Crippen molar-refractivity contribution in [2.75, 3.05) is 39.1 Å². The van der Waals surface area contributed by atoms with Gasteiger partial charge in [-0.05, 0) is 60.8 Å².